The number of methoxy groups -OCH3 is 1. The van der Waals surface area contributed by atoms with Crippen LogP contribution < -0.4 is 5.73 Å². The van der Waals surface area contributed by atoms with Gasteiger partial charge in [0, 0.05) is 16.4 Å². The van der Waals surface area contributed by atoms with Crippen LogP contribution in [-0.4, -0.2) is 31.4 Å². The number of hydrogen-bond donors (Lipinski definition) is 1. The predicted octanol–water partition coefficient (Wildman–Crippen LogP) is 5.34. The quantitative estimate of drug-likeness (QED) is 0.518. The van der Waals surface area contributed by atoms with Gasteiger partial charge in [-0.1, -0.05) is 45.4 Å². The molecule has 2 N–H and O–H groups in total. The third-order valence-corrected chi connectivity index (χ3v) is 11.2. The van der Waals surface area contributed by atoms with E-state index in [4.69, 9.17) is 10.5 Å². The van der Waals surface area contributed by atoms with Gasteiger partial charge in [-0.25, -0.2) is 4.79 Å². The molecular formula is C31H41NO5. The molecular weight excluding hydrogens is 466 g/mol. The molecule has 5 aliphatic rings. The molecule has 1 amide bonds. The highest BCUT2D eigenvalue weighted by molar-refractivity contribution is 6.07. The first-order valence-electron chi connectivity index (χ1n) is 13.7. The average molecular weight is 508 g/mol. The lowest BCUT2D eigenvalue weighted by molar-refractivity contribution is -0.144. The fraction of sp³-hybridized carbons (Fsp3) is 0.645. The Hall–Kier alpha value is -2.63. The Bertz CT molecular complexity index is 1210. The van der Waals surface area contributed by atoms with Crippen molar-refractivity contribution in [2.24, 2.45) is 39.2 Å². The fourth-order valence-corrected chi connectivity index (χ4v) is 8.63. The number of primary amides is 1. The van der Waals surface area contributed by atoms with Crippen LogP contribution in [0.2, 0.25) is 0 Å². The Morgan fingerprint density at radius 1 is 1.03 bits per heavy atom. The minimum atomic E-state index is -0.514. The lowest BCUT2D eigenvalue weighted by Crippen LogP contribution is -2.57. The number of allylic oxidation sites excluding steroid dienone is 7. The number of nitrogens with two attached hydrogens (primary N) is 1. The SMILES string of the molecule is COC(=O)COC1=C(C)C2=CC=C3C(C)(CCC4C5CC(C)(C(N)=O)CCC5(C)CCC34C)C2=CC1=O. The molecule has 6 atom stereocenters. The van der Waals surface area contributed by atoms with Crippen LogP contribution >= 0.6 is 0 Å². The van der Waals surface area contributed by atoms with Gasteiger partial charge in [0.15, 0.2) is 12.4 Å². The first kappa shape index (κ1) is 26.0. The normalized spacial score (nSPS) is 40.7. The van der Waals surface area contributed by atoms with Crippen LogP contribution in [0.25, 0.3) is 0 Å². The van der Waals surface area contributed by atoms with Crippen molar-refractivity contribution in [3.05, 3.63) is 46.3 Å². The second-order valence-corrected chi connectivity index (χ2v) is 13.2. The standard InChI is InChI=1S/C31H41NO5/c1-18-19-7-8-24-30(4,21(19)15-23(33)26(18)37-17-25(34)36-6)10-9-20-22-16-29(3,27(32)35)12-11-28(22,2)13-14-31(20,24)5/h7-8,15,20,22H,9-14,16-17H2,1-6H3,(H2,32,35). The van der Waals surface area contributed by atoms with Gasteiger partial charge in [-0.05, 0) is 91.8 Å². The van der Waals surface area contributed by atoms with E-state index in [0.29, 0.717) is 11.8 Å². The summed E-state index contributed by atoms with van der Waals surface area (Å²) in [5.41, 5.74) is 9.76. The highest BCUT2D eigenvalue weighted by Gasteiger charge is 2.62. The topological polar surface area (TPSA) is 95.7 Å². The van der Waals surface area contributed by atoms with Crippen molar-refractivity contribution in [2.75, 3.05) is 13.7 Å². The summed E-state index contributed by atoms with van der Waals surface area (Å²) in [6.07, 6.45) is 13.3. The summed E-state index contributed by atoms with van der Waals surface area (Å²) >= 11 is 0. The monoisotopic (exact) mass is 507 g/mol. The van der Waals surface area contributed by atoms with E-state index in [1.807, 2.05) is 6.92 Å². The molecule has 5 rings (SSSR count). The molecule has 0 radical (unpaired) electrons. The van der Waals surface area contributed by atoms with Crippen molar-refractivity contribution in [3.8, 4) is 0 Å². The summed E-state index contributed by atoms with van der Waals surface area (Å²) in [5, 5.41) is 0. The summed E-state index contributed by atoms with van der Waals surface area (Å²) in [4.78, 5) is 37.3. The molecule has 6 heteroatoms. The minimum absolute atomic E-state index is 0.00172. The number of carbonyl (C=O) groups excluding carboxylic acids is 3. The second kappa shape index (κ2) is 8.44. The van der Waals surface area contributed by atoms with E-state index >= 15 is 0 Å². The van der Waals surface area contributed by atoms with Crippen molar-refractivity contribution >= 4 is 17.7 Å². The van der Waals surface area contributed by atoms with Crippen molar-refractivity contribution in [1.82, 2.24) is 0 Å². The molecule has 0 heterocycles. The highest BCUT2D eigenvalue weighted by Crippen LogP contribution is 2.70. The van der Waals surface area contributed by atoms with Gasteiger partial charge in [-0.3, -0.25) is 9.59 Å². The van der Waals surface area contributed by atoms with Gasteiger partial charge in [-0.2, -0.15) is 0 Å². The van der Waals surface area contributed by atoms with Crippen LogP contribution in [0, 0.1) is 33.5 Å². The zero-order chi connectivity index (χ0) is 27.0. The molecule has 5 aliphatic carbocycles. The number of esters is 1. The molecule has 0 saturated heterocycles. The molecule has 200 valence electrons. The summed E-state index contributed by atoms with van der Waals surface area (Å²) in [5.74, 6) is 0.294. The maximum absolute atomic E-state index is 13.2. The predicted molar refractivity (Wildman–Crippen MR) is 141 cm³/mol. The molecule has 3 fully saturated rings. The molecule has 37 heavy (non-hydrogen) atoms. The van der Waals surface area contributed by atoms with Crippen molar-refractivity contribution in [2.45, 2.75) is 79.6 Å². The summed E-state index contributed by atoms with van der Waals surface area (Å²) in [6.45, 7) is 10.8. The highest BCUT2D eigenvalue weighted by atomic mass is 16.6. The van der Waals surface area contributed by atoms with E-state index in [9.17, 15) is 14.4 Å². The summed E-state index contributed by atoms with van der Waals surface area (Å²) in [7, 11) is 1.30. The zero-order valence-electron chi connectivity index (χ0n) is 23.2. The van der Waals surface area contributed by atoms with Crippen LogP contribution in [0.15, 0.2) is 46.3 Å². The van der Waals surface area contributed by atoms with Gasteiger partial charge >= 0.3 is 5.97 Å². The van der Waals surface area contributed by atoms with Gasteiger partial charge in [-0.15, -0.1) is 0 Å². The van der Waals surface area contributed by atoms with Crippen LogP contribution in [-0.2, 0) is 23.9 Å². The van der Waals surface area contributed by atoms with Gasteiger partial charge in [0.25, 0.3) is 0 Å². The Morgan fingerprint density at radius 3 is 2.41 bits per heavy atom. The second-order valence-electron chi connectivity index (χ2n) is 13.2. The maximum atomic E-state index is 13.2. The maximum Gasteiger partial charge on any atom is 0.343 e. The van der Waals surface area contributed by atoms with Crippen LogP contribution in [0.3, 0.4) is 0 Å². The molecule has 6 unspecified atom stereocenters. The van der Waals surface area contributed by atoms with E-state index in [1.165, 1.54) is 12.7 Å². The summed E-state index contributed by atoms with van der Waals surface area (Å²) < 4.78 is 10.3. The number of carbonyl (C=O) groups is 3. The number of ether oxygens (including phenoxy) is 2. The molecule has 0 aromatic rings. The number of hydrogen-bond acceptors (Lipinski definition) is 5. The Balaban J connectivity index is 1.53. The lowest BCUT2D eigenvalue weighted by Gasteiger charge is -2.64. The van der Waals surface area contributed by atoms with E-state index < -0.39 is 11.4 Å². The van der Waals surface area contributed by atoms with E-state index in [-0.39, 0.29) is 40.3 Å². The number of rotatable bonds is 4. The van der Waals surface area contributed by atoms with Gasteiger partial charge in [0.2, 0.25) is 11.7 Å². The summed E-state index contributed by atoms with van der Waals surface area (Å²) in [6, 6.07) is 0. The lowest BCUT2D eigenvalue weighted by atomic mass is 9.39. The van der Waals surface area contributed by atoms with Gasteiger partial charge < -0.3 is 15.2 Å². The Morgan fingerprint density at radius 2 is 1.73 bits per heavy atom. The third-order valence-electron chi connectivity index (χ3n) is 11.2. The van der Waals surface area contributed by atoms with Crippen LogP contribution in [0.1, 0.15) is 79.6 Å². The van der Waals surface area contributed by atoms with Crippen molar-refractivity contribution in [1.29, 1.82) is 0 Å². The van der Waals surface area contributed by atoms with Gasteiger partial charge in [0.05, 0.1) is 7.11 Å². The molecule has 0 spiro atoms. The molecule has 0 aliphatic heterocycles. The first-order valence-corrected chi connectivity index (χ1v) is 13.7. The number of fused-ring (bicyclic) bond motifs is 7. The Kier molecular flexibility index (Phi) is 5.93. The fourth-order valence-electron chi connectivity index (χ4n) is 8.63. The van der Waals surface area contributed by atoms with Crippen LogP contribution in [0.4, 0.5) is 0 Å². The largest absolute Gasteiger partial charge is 0.477 e. The zero-order valence-corrected chi connectivity index (χ0v) is 23.2. The van der Waals surface area contributed by atoms with Gasteiger partial charge in [0.1, 0.15) is 0 Å². The van der Waals surface area contributed by atoms with E-state index in [0.717, 1.165) is 61.7 Å². The molecule has 0 bridgehead atoms. The Labute approximate surface area is 220 Å². The van der Waals surface area contributed by atoms with Crippen molar-refractivity contribution in [3.63, 3.8) is 0 Å². The van der Waals surface area contributed by atoms with E-state index in [1.54, 1.807) is 6.08 Å². The van der Waals surface area contributed by atoms with Crippen LogP contribution in [0.5, 0.6) is 0 Å². The smallest absolute Gasteiger partial charge is 0.343 e. The molecule has 0 aromatic heterocycles. The average Bonchev–Trinajstić information content (AvgIpc) is 2.84. The molecule has 0 aromatic carbocycles. The minimum Gasteiger partial charge on any atom is -0.477 e. The number of amides is 1. The molecule has 6 nitrogen and oxygen atoms in total. The van der Waals surface area contributed by atoms with Crippen molar-refractivity contribution < 1.29 is 23.9 Å². The first-order chi connectivity index (χ1) is 17.3. The number of ketones is 1. The molecule has 3 saturated carbocycles. The third kappa shape index (κ3) is 3.69. The van der Waals surface area contributed by atoms with E-state index in [2.05, 4.69) is 44.6 Å².